The Morgan fingerprint density at radius 2 is 1.57 bits per heavy atom. The first-order chi connectivity index (χ1) is 20.2. The Labute approximate surface area is 257 Å². The van der Waals surface area contributed by atoms with Crippen LogP contribution < -0.4 is 4.74 Å². The third-order valence-electron chi connectivity index (χ3n) is 7.59. The van der Waals surface area contributed by atoms with Crippen molar-refractivity contribution >= 4 is 13.6 Å². The van der Waals surface area contributed by atoms with E-state index >= 15 is 0 Å². The van der Waals surface area contributed by atoms with Crippen molar-refractivity contribution in [3.63, 3.8) is 0 Å². The number of phosphoric acid groups is 1. The molecule has 0 amide bonds. The normalized spacial score (nSPS) is 14.5. The molecule has 1 N–H and O–H groups in total. The molecule has 1 aromatic rings. The molecule has 0 heterocycles. The van der Waals surface area contributed by atoms with Gasteiger partial charge in [0.2, 0.25) is 0 Å². The molecule has 3 unspecified atom stereocenters. The Kier molecular flexibility index (Phi) is 22.3. The molecule has 3 atom stereocenters. The topological polar surface area (TPSA) is 85.3 Å². The van der Waals surface area contributed by atoms with Crippen LogP contribution in [0.1, 0.15) is 129 Å². The number of nitrogens with zero attached hydrogens (tertiary/aromatic N) is 1. The predicted molar refractivity (Wildman–Crippen MR) is 174 cm³/mol. The molecular weight excluding hydrogens is 549 g/mol. The molecule has 0 saturated carbocycles. The minimum absolute atomic E-state index is 0.0167. The van der Waals surface area contributed by atoms with E-state index in [4.69, 9.17) is 13.8 Å². The Bertz CT molecular complexity index is 864. The summed E-state index contributed by atoms with van der Waals surface area (Å²) in [5.41, 5.74) is 1.02. The molecule has 244 valence electrons. The van der Waals surface area contributed by atoms with Gasteiger partial charge in [0.05, 0.1) is 19.3 Å². The zero-order valence-electron chi connectivity index (χ0n) is 27.5. The average molecular weight is 612 g/mol. The van der Waals surface area contributed by atoms with Gasteiger partial charge in [-0.3, -0.25) is 13.8 Å². The van der Waals surface area contributed by atoms with Gasteiger partial charge in [-0.25, -0.2) is 4.57 Å². The molecule has 0 aliphatic heterocycles. The second kappa shape index (κ2) is 24.1. The summed E-state index contributed by atoms with van der Waals surface area (Å²) in [6, 6.07) is 7.95. The quantitative estimate of drug-likeness (QED) is 0.0747. The van der Waals surface area contributed by atoms with E-state index in [2.05, 4.69) is 6.92 Å². The van der Waals surface area contributed by atoms with Gasteiger partial charge in [-0.2, -0.15) is 0 Å². The molecule has 0 saturated heterocycles. The van der Waals surface area contributed by atoms with Crippen molar-refractivity contribution in [1.29, 1.82) is 0 Å². The molecule has 0 bridgehead atoms. The van der Waals surface area contributed by atoms with Crippen LogP contribution in [0.25, 0.3) is 0 Å². The summed E-state index contributed by atoms with van der Waals surface area (Å²) in [5.74, 6) is 0.736. The molecule has 1 aromatic carbocycles. The maximum Gasteiger partial charge on any atom is 0.472 e. The van der Waals surface area contributed by atoms with Crippen LogP contribution in [0.4, 0.5) is 0 Å². The lowest BCUT2D eigenvalue weighted by Crippen LogP contribution is -2.22. The molecule has 0 spiro atoms. The number of carbonyl (C=O) groups excluding carboxylic acids is 1. The number of rotatable bonds is 28. The van der Waals surface area contributed by atoms with Crippen LogP contribution in [0.2, 0.25) is 0 Å². The van der Waals surface area contributed by atoms with E-state index in [9.17, 15) is 14.3 Å². The monoisotopic (exact) mass is 611 g/mol. The van der Waals surface area contributed by atoms with Gasteiger partial charge in [-0.1, -0.05) is 97.1 Å². The van der Waals surface area contributed by atoms with Gasteiger partial charge in [0.15, 0.2) is 0 Å². The molecule has 42 heavy (non-hydrogen) atoms. The van der Waals surface area contributed by atoms with Crippen molar-refractivity contribution in [2.45, 2.75) is 136 Å². The predicted octanol–water partition coefficient (Wildman–Crippen LogP) is 9.16. The molecule has 1 rings (SSSR count). The highest BCUT2D eigenvalue weighted by Gasteiger charge is 2.28. The second-order valence-corrected chi connectivity index (χ2v) is 13.5. The molecule has 7 nitrogen and oxygen atoms in total. The fourth-order valence-corrected chi connectivity index (χ4v) is 6.19. The summed E-state index contributed by atoms with van der Waals surface area (Å²) in [4.78, 5) is 24.9. The number of hydrogen-bond donors (Lipinski definition) is 1. The summed E-state index contributed by atoms with van der Waals surface area (Å²) < 4.78 is 29.7. The Balaban J connectivity index is 2.53. The SMILES string of the molecule is CCCCCCCCCCCCCOc1cccc(CC(COP(=O)(O)OC(CC)CCN(C)C)CC(=O)CCC)c1. The van der Waals surface area contributed by atoms with E-state index in [-0.39, 0.29) is 24.4 Å². The van der Waals surface area contributed by atoms with Crippen LogP contribution in [-0.2, 0) is 24.8 Å². The lowest BCUT2D eigenvalue weighted by Gasteiger charge is -2.23. The highest BCUT2D eigenvalue weighted by atomic mass is 31.2. The van der Waals surface area contributed by atoms with Crippen LogP contribution in [0.15, 0.2) is 24.3 Å². The number of phosphoric ester groups is 1. The van der Waals surface area contributed by atoms with Crippen molar-refractivity contribution in [1.82, 2.24) is 4.90 Å². The van der Waals surface area contributed by atoms with Gasteiger partial charge in [-0.05, 0) is 69.8 Å². The van der Waals surface area contributed by atoms with E-state index in [1.165, 1.54) is 64.2 Å². The van der Waals surface area contributed by atoms with Gasteiger partial charge in [0.25, 0.3) is 0 Å². The number of unbranched alkanes of at least 4 members (excludes halogenated alkanes) is 10. The molecule has 0 aliphatic carbocycles. The van der Waals surface area contributed by atoms with Crippen molar-refractivity contribution in [2.24, 2.45) is 5.92 Å². The van der Waals surface area contributed by atoms with Crippen LogP contribution in [0.3, 0.4) is 0 Å². The van der Waals surface area contributed by atoms with E-state index in [0.29, 0.717) is 38.7 Å². The third kappa shape index (κ3) is 20.6. The molecular formula is C34H62NO6P. The highest BCUT2D eigenvalue weighted by molar-refractivity contribution is 7.47. The number of ether oxygens (including phenoxy) is 1. The zero-order valence-corrected chi connectivity index (χ0v) is 28.4. The minimum atomic E-state index is -4.24. The molecule has 0 aromatic heterocycles. The lowest BCUT2D eigenvalue weighted by molar-refractivity contribution is -0.120. The smallest absolute Gasteiger partial charge is 0.472 e. The Morgan fingerprint density at radius 1 is 0.929 bits per heavy atom. The number of hydrogen-bond acceptors (Lipinski definition) is 6. The van der Waals surface area contributed by atoms with Crippen LogP contribution in [-0.4, -0.2) is 55.5 Å². The van der Waals surface area contributed by atoms with Crippen molar-refractivity contribution in [3.05, 3.63) is 29.8 Å². The Hall–Kier alpha value is -1.24. The third-order valence-corrected chi connectivity index (χ3v) is 8.63. The van der Waals surface area contributed by atoms with Gasteiger partial charge < -0.3 is 14.5 Å². The molecule has 8 heteroatoms. The van der Waals surface area contributed by atoms with Gasteiger partial charge >= 0.3 is 7.82 Å². The average Bonchev–Trinajstić information content (AvgIpc) is 2.95. The van der Waals surface area contributed by atoms with E-state index in [1.807, 2.05) is 57.1 Å². The van der Waals surface area contributed by atoms with Crippen LogP contribution >= 0.6 is 7.82 Å². The second-order valence-electron chi connectivity index (χ2n) is 12.1. The summed E-state index contributed by atoms with van der Waals surface area (Å²) >= 11 is 0. The molecule has 0 radical (unpaired) electrons. The summed E-state index contributed by atoms with van der Waals surface area (Å²) in [6.07, 6.45) is 17.4. The number of carbonyl (C=O) groups is 1. The first-order valence-electron chi connectivity index (χ1n) is 16.7. The van der Waals surface area contributed by atoms with Gasteiger partial charge in [0, 0.05) is 19.4 Å². The fraction of sp³-hybridized carbons (Fsp3) is 0.794. The summed E-state index contributed by atoms with van der Waals surface area (Å²) in [5, 5.41) is 0. The van der Waals surface area contributed by atoms with Crippen molar-refractivity contribution in [3.8, 4) is 5.75 Å². The number of Topliss-reactive ketones (excluding diaryl/α,β-unsaturated/α-hetero) is 1. The maximum atomic E-state index is 12.7. The maximum absolute atomic E-state index is 12.7. The van der Waals surface area contributed by atoms with Gasteiger partial charge in [0.1, 0.15) is 11.5 Å². The zero-order chi connectivity index (χ0) is 31.1. The van der Waals surface area contributed by atoms with E-state index in [1.54, 1.807) is 0 Å². The fourth-order valence-electron chi connectivity index (χ4n) is 5.10. The first kappa shape index (κ1) is 38.8. The summed E-state index contributed by atoms with van der Waals surface area (Å²) in [7, 11) is -0.330. The Morgan fingerprint density at radius 3 is 2.17 bits per heavy atom. The molecule has 0 fully saturated rings. The molecule has 0 aliphatic rings. The minimum Gasteiger partial charge on any atom is -0.494 e. The van der Waals surface area contributed by atoms with Crippen LogP contribution in [0, 0.1) is 5.92 Å². The standard InChI is InChI=1S/C34H62NO6P/c1-6-9-10-11-12-13-14-15-16-17-18-25-39-34-22-19-21-30(28-34)26-31(27-32(36)20-7-2)29-40-42(37,38)41-33(8-3)23-24-35(4)5/h19,21-22,28,31,33H,6-18,20,23-27,29H2,1-5H3,(H,37,38). The first-order valence-corrected chi connectivity index (χ1v) is 18.2. The number of ketones is 1. The lowest BCUT2D eigenvalue weighted by atomic mass is 9.94. The van der Waals surface area contributed by atoms with E-state index in [0.717, 1.165) is 30.7 Å². The summed E-state index contributed by atoms with van der Waals surface area (Å²) in [6.45, 7) is 7.60. The van der Waals surface area contributed by atoms with E-state index < -0.39 is 7.82 Å². The largest absolute Gasteiger partial charge is 0.494 e. The highest BCUT2D eigenvalue weighted by Crippen LogP contribution is 2.46. The van der Waals surface area contributed by atoms with Gasteiger partial charge in [-0.15, -0.1) is 0 Å². The van der Waals surface area contributed by atoms with Crippen molar-refractivity contribution < 1.29 is 28.0 Å². The van der Waals surface area contributed by atoms with Crippen molar-refractivity contribution in [2.75, 3.05) is 33.9 Å². The number of benzene rings is 1. The van der Waals surface area contributed by atoms with Crippen LogP contribution in [0.5, 0.6) is 5.75 Å².